The lowest BCUT2D eigenvalue weighted by Gasteiger charge is -2.46. The lowest BCUT2D eigenvalue weighted by Crippen LogP contribution is -2.47. The van der Waals surface area contributed by atoms with Crippen LogP contribution in [-0.4, -0.2) is 18.7 Å². The summed E-state index contributed by atoms with van der Waals surface area (Å²) in [5.74, 6) is 1.70. The van der Waals surface area contributed by atoms with Crippen LogP contribution in [0.1, 0.15) is 52.4 Å². The number of piperidine rings is 1. The summed E-state index contributed by atoms with van der Waals surface area (Å²) in [6, 6.07) is 6.92. The number of hydrogen-bond donors (Lipinski definition) is 1. The SMILES string of the molecule is CC(C)Oc1cccc(N2CCCC3CCCCC32)c1N. The van der Waals surface area contributed by atoms with Gasteiger partial charge in [0.05, 0.1) is 17.5 Å². The minimum absolute atomic E-state index is 0.159. The fraction of sp³-hybridized carbons (Fsp3) is 0.667. The first kappa shape index (κ1) is 14.6. The average molecular weight is 288 g/mol. The van der Waals surface area contributed by atoms with Gasteiger partial charge in [0.15, 0.2) is 0 Å². The highest BCUT2D eigenvalue weighted by atomic mass is 16.5. The second-order valence-corrected chi connectivity index (χ2v) is 6.80. The summed E-state index contributed by atoms with van der Waals surface area (Å²) >= 11 is 0. The summed E-state index contributed by atoms with van der Waals surface area (Å²) in [6.45, 7) is 5.23. The number of ether oxygens (including phenoxy) is 1. The van der Waals surface area contributed by atoms with Gasteiger partial charge in [-0.25, -0.2) is 0 Å². The Morgan fingerprint density at radius 3 is 2.71 bits per heavy atom. The van der Waals surface area contributed by atoms with Crippen molar-refractivity contribution in [1.29, 1.82) is 0 Å². The number of anilines is 2. The largest absolute Gasteiger partial charge is 0.489 e. The Balaban J connectivity index is 1.88. The van der Waals surface area contributed by atoms with Gasteiger partial charge in [-0.15, -0.1) is 0 Å². The van der Waals surface area contributed by atoms with Crippen molar-refractivity contribution in [2.45, 2.75) is 64.5 Å². The van der Waals surface area contributed by atoms with Gasteiger partial charge in [0.25, 0.3) is 0 Å². The fourth-order valence-corrected chi connectivity index (χ4v) is 4.06. The van der Waals surface area contributed by atoms with Crippen molar-refractivity contribution in [1.82, 2.24) is 0 Å². The van der Waals surface area contributed by atoms with Crippen molar-refractivity contribution in [3.8, 4) is 5.75 Å². The van der Waals surface area contributed by atoms with Gasteiger partial charge in [0.2, 0.25) is 0 Å². The molecule has 0 bridgehead atoms. The normalized spacial score (nSPS) is 25.8. The van der Waals surface area contributed by atoms with E-state index in [1.807, 2.05) is 19.9 Å². The van der Waals surface area contributed by atoms with Crippen molar-refractivity contribution < 1.29 is 4.74 Å². The van der Waals surface area contributed by atoms with Crippen molar-refractivity contribution in [2.75, 3.05) is 17.2 Å². The Labute approximate surface area is 128 Å². The summed E-state index contributed by atoms with van der Waals surface area (Å²) in [6.07, 6.45) is 8.31. The van der Waals surface area contributed by atoms with Gasteiger partial charge < -0.3 is 15.4 Å². The third-order valence-corrected chi connectivity index (χ3v) is 4.96. The first-order valence-electron chi connectivity index (χ1n) is 8.48. The summed E-state index contributed by atoms with van der Waals surface area (Å²) in [5, 5.41) is 0. The smallest absolute Gasteiger partial charge is 0.144 e. The van der Waals surface area contributed by atoms with Crippen LogP contribution in [0.15, 0.2) is 18.2 Å². The Bertz CT molecular complexity index is 484. The van der Waals surface area contributed by atoms with Crippen LogP contribution >= 0.6 is 0 Å². The van der Waals surface area contributed by atoms with Crippen LogP contribution < -0.4 is 15.4 Å². The van der Waals surface area contributed by atoms with Gasteiger partial charge in [0, 0.05) is 12.6 Å². The number of nitrogens with two attached hydrogens (primary N) is 1. The molecule has 1 heterocycles. The van der Waals surface area contributed by atoms with E-state index in [1.165, 1.54) is 44.2 Å². The highest BCUT2D eigenvalue weighted by Crippen LogP contribution is 2.41. The van der Waals surface area contributed by atoms with Crippen molar-refractivity contribution in [3.63, 3.8) is 0 Å². The van der Waals surface area contributed by atoms with Gasteiger partial charge in [0.1, 0.15) is 5.75 Å². The van der Waals surface area contributed by atoms with Gasteiger partial charge in [-0.1, -0.05) is 18.9 Å². The predicted octanol–water partition coefficient (Wildman–Crippen LogP) is 4.22. The zero-order valence-electron chi connectivity index (χ0n) is 13.3. The van der Waals surface area contributed by atoms with Gasteiger partial charge >= 0.3 is 0 Å². The summed E-state index contributed by atoms with van der Waals surface area (Å²) < 4.78 is 5.86. The Hall–Kier alpha value is -1.38. The van der Waals surface area contributed by atoms with Crippen LogP contribution in [0.5, 0.6) is 5.75 Å². The standard InChI is InChI=1S/C18H28N2O/c1-13(2)21-17-11-5-10-16(18(17)19)20-12-6-8-14-7-3-4-9-15(14)20/h5,10-11,13-15H,3-4,6-9,12,19H2,1-2H3. The Kier molecular flexibility index (Phi) is 4.27. The second-order valence-electron chi connectivity index (χ2n) is 6.80. The molecule has 2 unspecified atom stereocenters. The summed E-state index contributed by atoms with van der Waals surface area (Å²) in [4.78, 5) is 2.57. The zero-order valence-corrected chi connectivity index (χ0v) is 13.3. The molecule has 2 N–H and O–H groups in total. The number of nitrogen functional groups attached to an aromatic ring is 1. The Morgan fingerprint density at radius 2 is 1.90 bits per heavy atom. The molecule has 21 heavy (non-hydrogen) atoms. The molecule has 3 nitrogen and oxygen atoms in total. The molecule has 0 radical (unpaired) electrons. The maximum Gasteiger partial charge on any atom is 0.144 e. The van der Waals surface area contributed by atoms with Crippen LogP contribution in [0.25, 0.3) is 0 Å². The van der Waals surface area contributed by atoms with E-state index in [0.29, 0.717) is 6.04 Å². The van der Waals surface area contributed by atoms with E-state index in [1.54, 1.807) is 0 Å². The number of benzene rings is 1. The topological polar surface area (TPSA) is 38.5 Å². The van der Waals surface area contributed by atoms with E-state index >= 15 is 0 Å². The predicted molar refractivity (Wildman–Crippen MR) is 88.9 cm³/mol. The van der Waals surface area contributed by atoms with E-state index in [4.69, 9.17) is 10.5 Å². The van der Waals surface area contributed by atoms with Crippen LogP contribution in [0, 0.1) is 5.92 Å². The Morgan fingerprint density at radius 1 is 1.14 bits per heavy atom. The van der Waals surface area contributed by atoms with E-state index < -0.39 is 0 Å². The van der Waals surface area contributed by atoms with Crippen LogP contribution in [0.4, 0.5) is 11.4 Å². The monoisotopic (exact) mass is 288 g/mol. The summed E-state index contributed by atoms with van der Waals surface area (Å²) in [5.41, 5.74) is 8.42. The quantitative estimate of drug-likeness (QED) is 0.847. The van der Waals surface area contributed by atoms with E-state index in [2.05, 4.69) is 17.0 Å². The average Bonchev–Trinajstić information content (AvgIpc) is 2.49. The van der Waals surface area contributed by atoms with Gasteiger partial charge in [-0.3, -0.25) is 0 Å². The molecule has 0 spiro atoms. The molecule has 3 rings (SSSR count). The number of nitrogens with zero attached hydrogens (tertiary/aromatic N) is 1. The lowest BCUT2D eigenvalue weighted by molar-refractivity contribution is 0.240. The number of para-hydroxylation sites is 1. The minimum Gasteiger partial charge on any atom is -0.489 e. The molecule has 1 saturated heterocycles. The fourth-order valence-electron chi connectivity index (χ4n) is 4.06. The maximum absolute atomic E-state index is 6.42. The third kappa shape index (κ3) is 2.97. The molecule has 2 fully saturated rings. The van der Waals surface area contributed by atoms with Crippen LogP contribution in [0.3, 0.4) is 0 Å². The number of rotatable bonds is 3. The maximum atomic E-state index is 6.42. The number of hydrogen-bond acceptors (Lipinski definition) is 3. The van der Waals surface area contributed by atoms with E-state index in [-0.39, 0.29) is 6.10 Å². The molecule has 0 aromatic heterocycles. The summed E-state index contributed by atoms with van der Waals surface area (Å²) in [7, 11) is 0. The third-order valence-electron chi connectivity index (χ3n) is 4.96. The van der Waals surface area contributed by atoms with Crippen molar-refractivity contribution in [3.05, 3.63) is 18.2 Å². The molecule has 1 aliphatic heterocycles. The molecule has 2 atom stereocenters. The zero-order chi connectivity index (χ0) is 14.8. The van der Waals surface area contributed by atoms with E-state index in [0.717, 1.165) is 23.9 Å². The molecule has 0 amide bonds. The molecule has 3 heteroatoms. The molecule has 1 aliphatic carbocycles. The molecule has 1 aromatic rings. The molecular formula is C18H28N2O. The molecular weight excluding hydrogens is 260 g/mol. The molecule has 116 valence electrons. The molecule has 1 aromatic carbocycles. The second kappa shape index (κ2) is 6.17. The highest BCUT2D eigenvalue weighted by Gasteiger charge is 2.34. The highest BCUT2D eigenvalue weighted by molar-refractivity contribution is 5.74. The lowest BCUT2D eigenvalue weighted by atomic mass is 9.78. The van der Waals surface area contributed by atoms with E-state index in [9.17, 15) is 0 Å². The van der Waals surface area contributed by atoms with Crippen LogP contribution in [-0.2, 0) is 0 Å². The van der Waals surface area contributed by atoms with Crippen molar-refractivity contribution in [2.24, 2.45) is 5.92 Å². The molecule has 2 aliphatic rings. The minimum atomic E-state index is 0.159. The first-order chi connectivity index (χ1) is 10.2. The molecule has 1 saturated carbocycles. The van der Waals surface area contributed by atoms with Gasteiger partial charge in [-0.05, 0) is 57.6 Å². The van der Waals surface area contributed by atoms with Crippen LogP contribution in [0.2, 0.25) is 0 Å². The first-order valence-corrected chi connectivity index (χ1v) is 8.48. The number of fused-ring (bicyclic) bond motifs is 1. The van der Waals surface area contributed by atoms with Crippen molar-refractivity contribution >= 4 is 11.4 Å². The van der Waals surface area contributed by atoms with Gasteiger partial charge in [-0.2, -0.15) is 0 Å².